The van der Waals surface area contributed by atoms with Crippen molar-refractivity contribution < 1.29 is 15.0 Å². The molecule has 0 amide bonds. The van der Waals surface area contributed by atoms with Crippen LogP contribution in [0.3, 0.4) is 0 Å². The van der Waals surface area contributed by atoms with E-state index in [1.54, 1.807) is 0 Å². The predicted molar refractivity (Wildman–Crippen MR) is 71.6 cm³/mol. The smallest absolute Gasteiger partial charge is 0.299 e. The first-order valence-electron chi connectivity index (χ1n) is 6.11. The van der Waals surface area contributed by atoms with Crippen LogP contribution >= 0.6 is 0 Å². The lowest BCUT2D eigenvalue weighted by molar-refractivity contribution is -0.393. The molecule has 1 aromatic rings. The highest BCUT2D eigenvalue weighted by atomic mass is 16.6. The Bertz CT molecular complexity index is 572. The number of non-ortho nitro benzene ring substituents is 1. The van der Waals surface area contributed by atoms with E-state index < -0.39 is 21.4 Å². The number of nitro groups is 2. The zero-order valence-electron chi connectivity index (χ0n) is 11.1. The number of rotatable bonds is 4. The normalized spacial score (nSPS) is 23.8. The van der Waals surface area contributed by atoms with Crippen LogP contribution < -0.4 is 5.32 Å². The third-order valence-corrected chi connectivity index (χ3v) is 3.93. The summed E-state index contributed by atoms with van der Waals surface area (Å²) in [6.45, 7) is 3.71. The number of benzene rings is 1. The maximum Gasteiger partial charge on any atom is 0.299 e. The van der Waals surface area contributed by atoms with Crippen LogP contribution in [0.25, 0.3) is 0 Å². The molecule has 0 heterocycles. The molecular weight excluding hydrogens is 266 g/mol. The minimum Gasteiger partial charge on any atom is -0.392 e. The minimum absolute atomic E-state index is 0.113. The number of aliphatic hydroxyl groups excluding tert-OH is 1. The summed E-state index contributed by atoms with van der Waals surface area (Å²) in [6, 6.07) is 3.37. The number of aliphatic hydroxyl groups is 1. The second-order valence-corrected chi connectivity index (χ2v) is 5.49. The molecule has 0 aromatic heterocycles. The van der Waals surface area contributed by atoms with Gasteiger partial charge < -0.3 is 10.4 Å². The Morgan fingerprint density at radius 2 is 1.95 bits per heavy atom. The second kappa shape index (κ2) is 4.71. The van der Waals surface area contributed by atoms with Crippen molar-refractivity contribution in [1.82, 2.24) is 0 Å². The first kappa shape index (κ1) is 14.2. The Morgan fingerprint density at radius 1 is 1.30 bits per heavy atom. The van der Waals surface area contributed by atoms with E-state index in [1.165, 1.54) is 12.1 Å². The van der Waals surface area contributed by atoms with Gasteiger partial charge in [0.05, 0.1) is 22.0 Å². The molecule has 0 spiro atoms. The first-order chi connectivity index (χ1) is 9.23. The van der Waals surface area contributed by atoms with E-state index in [1.807, 2.05) is 13.8 Å². The molecule has 2 N–H and O–H groups in total. The van der Waals surface area contributed by atoms with Gasteiger partial charge >= 0.3 is 0 Å². The maximum absolute atomic E-state index is 11.0. The van der Waals surface area contributed by atoms with Crippen LogP contribution in [0.1, 0.15) is 20.3 Å². The molecule has 1 aliphatic carbocycles. The van der Waals surface area contributed by atoms with E-state index >= 15 is 0 Å². The summed E-state index contributed by atoms with van der Waals surface area (Å²) in [5, 5.41) is 34.3. The van der Waals surface area contributed by atoms with Crippen molar-refractivity contribution in [2.75, 3.05) is 5.32 Å². The Balaban J connectivity index is 2.28. The molecule has 1 aromatic carbocycles. The fraction of sp³-hybridized carbons (Fsp3) is 0.500. The molecule has 8 nitrogen and oxygen atoms in total. The monoisotopic (exact) mass is 281 g/mol. The molecule has 1 aliphatic rings. The lowest BCUT2D eigenvalue weighted by Crippen LogP contribution is -2.56. The average molecular weight is 281 g/mol. The zero-order valence-corrected chi connectivity index (χ0v) is 11.1. The summed E-state index contributed by atoms with van der Waals surface area (Å²) in [7, 11) is 0. The number of nitro benzene ring substituents is 2. The van der Waals surface area contributed by atoms with Crippen molar-refractivity contribution in [3.05, 3.63) is 38.4 Å². The standard InChI is InChI=1S/C12H15N3O5/c1-12(2)10(6-11(12)16)13-8-4-3-7(14(17)18)5-9(8)15(19)20/h3-5,10-11,13,16H,6H2,1-2H3. The van der Waals surface area contributed by atoms with Gasteiger partial charge in [0.1, 0.15) is 5.69 Å². The molecule has 0 radical (unpaired) electrons. The summed E-state index contributed by atoms with van der Waals surface area (Å²) in [6.07, 6.45) is 0.0262. The maximum atomic E-state index is 11.0. The molecule has 8 heteroatoms. The van der Waals surface area contributed by atoms with E-state index in [9.17, 15) is 25.3 Å². The van der Waals surface area contributed by atoms with E-state index in [2.05, 4.69) is 5.32 Å². The van der Waals surface area contributed by atoms with Crippen LogP contribution in [0.4, 0.5) is 17.1 Å². The average Bonchev–Trinajstić information content (AvgIpc) is 2.38. The highest BCUT2D eigenvalue weighted by molar-refractivity contribution is 5.66. The lowest BCUT2D eigenvalue weighted by atomic mass is 9.64. The van der Waals surface area contributed by atoms with E-state index in [0.29, 0.717) is 6.42 Å². The molecule has 20 heavy (non-hydrogen) atoms. The van der Waals surface area contributed by atoms with Gasteiger partial charge in [-0.2, -0.15) is 0 Å². The van der Waals surface area contributed by atoms with Gasteiger partial charge in [-0.3, -0.25) is 20.2 Å². The van der Waals surface area contributed by atoms with Crippen LogP contribution in [-0.4, -0.2) is 27.1 Å². The van der Waals surface area contributed by atoms with Gasteiger partial charge in [0, 0.05) is 17.5 Å². The van der Waals surface area contributed by atoms with Gasteiger partial charge in [0.25, 0.3) is 11.4 Å². The summed E-state index contributed by atoms with van der Waals surface area (Å²) in [5.41, 5.74) is -0.826. The quantitative estimate of drug-likeness (QED) is 0.644. The lowest BCUT2D eigenvalue weighted by Gasteiger charge is -2.49. The first-order valence-corrected chi connectivity index (χ1v) is 6.11. The molecule has 0 aliphatic heterocycles. The minimum atomic E-state index is -0.673. The second-order valence-electron chi connectivity index (χ2n) is 5.49. The molecule has 2 atom stereocenters. The van der Waals surface area contributed by atoms with Gasteiger partial charge in [-0.05, 0) is 12.5 Å². The summed E-state index contributed by atoms with van der Waals surface area (Å²) >= 11 is 0. The topological polar surface area (TPSA) is 119 Å². The van der Waals surface area contributed by atoms with Gasteiger partial charge in [0.2, 0.25) is 0 Å². The molecule has 1 saturated carbocycles. The van der Waals surface area contributed by atoms with Crippen LogP contribution in [0.2, 0.25) is 0 Å². The van der Waals surface area contributed by atoms with Crippen molar-refractivity contribution in [2.45, 2.75) is 32.4 Å². The van der Waals surface area contributed by atoms with Crippen molar-refractivity contribution in [2.24, 2.45) is 5.41 Å². The van der Waals surface area contributed by atoms with E-state index in [0.717, 1.165) is 6.07 Å². The molecule has 2 rings (SSSR count). The number of hydrogen-bond acceptors (Lipinski definition) is 6. The third kappa shape index (κ3) is 2.29. The van der Waals surface area contributed by atoms with Crippen LogP contribution in [0.5, 0.6) is 0 Å². The molecular formula is C12H15N3O5. The molecule has 0 bridgehead atoms. The SMILES string of the molecule is CC1(C)C(O)CC1Nc1ccc([N+](=O)[O-])cc1[N+](=O)[O-]. The van der Waals surface area contributed by atoms with Crippen LogP contribution in [0.15, 0.2) is 18.2 Å². The van der Waals surface area contributed by atoms with E-state index in [-0.39, 0.29) is 23.1 Å². The Morgan fingerprint density at radius 3 is 2.40 bits per heavy atom. The van der Waals surface area contributed by atoms with Gasteiger partial charge in [-0.15, -0.1) is 0 Å². The van der Waals surface area contributed by atoms with E-state index in [4.69, 9.17) is 0 Å². The summed E-state index contributed by atoms with van der Waals surface area (Å²) in [5.74, 6) is 0. The van der Waals surface area contributed by atoms with Gasteiger partial charge in [0.15, 0.2) is 0 Å². The number of nitrogens with zero attached hydrogens (tertiary/aromatic N) is 2. The molecule has 2 unspecified atom stereocenters. The fourth-order valence-electron chi connectivity index (χ4n) is 2.24. The Hall–Kier alpha value is -2.22. The highest BCUT2D eigenvalue weighted by Crippen LogP contribution is 2.43. The van der Waals surface area contributed by atoms with Gasteiger partial charge in [-0.1, -0.05) is 13.8 Å². The molecule has 0 saturated heterocycles. The molecule has 108 valence electrons. The molecule has 1 fully saturated rings. The summed E-state index contributed by atoms with van der Waals surface area (Å²) in [4.78, 5) is 20.3. The van der Waals surface area contributed by atoms with Gasteiger partial charge in [-0.25, -0.2) is 0 Å². The van der Waals surface area contributed by atoms with Crippen LogP contribution in [-0.2, 0) is 0 Å². The van der Waals surface area contributed by atoms with Crippen molar-refractivity contribution in [3.8, 4) is 0 Å². The predicted octanol–water partition coefficient (Wildman–Crippen LogP) is 2.07. The van der Waals surface area contributed by atoms with Crippen molar-refractivity contribution in [1.29, 1.82) is 0 Å². The third-order valence-electron chi connectivity index (χ3n) is 3.93. The number of nitrogens with one attached hydrogen (secondary N) is 1. The Kier molecular flexibility index (Phi) is 3.34. The largest absolute Gasteiger partial charge is 0.392 e. The number of hydrogen-bond donors (Lipinski definition) is 2. The number of anilines is 1. The van der Waals surface area contributed by atoms with Crippen molar-refractivity contribution >= 4 is 17.1 Å². The zero-order chi connectivity index (χ0) is 15.1. The summed E-state index contributed by atoms with van der Waals surface area (Å²) < 4.78 is 0. The fourth-order valence-corrected chi connectivity index (χ4v) is 2.24. The van der Waals surface area contributed by atoms with Crippen molar-refractivity contribution in [3.63, 3.8) is 0 Å². The Labute approximate surface area is 114 Å². The highest BCUT2D eigenvalue weighted by Gasteiger charge is 2.47. The van der Waals surface area contributed by atoms with Crippen LogP contribution in [0, 0.1) is 25.6 Å².